The lowest BCUT2D eigenvalue weighted by atomic mass is 10.3. The van der Waals surface area contributed by atoms with Gasteiger partial charge in [-0.05, 0) is 43.3 Å². The molecule has 34 heavy (non-hydrogen) atoms. The average Bonchev–Trinajstić information content (AvgIpc) is 2.89. The van der Waals surface area contributed by atoms with E-state index in [4.69, 9.17) is 9.47 Å². The van der Waals surface area contributed by atoms with Crippen molar-refractivity contribution in [2.24, 2.45) is 0 Å². The van der Waals surface area contributed by atoms with Gasteiger partial charge in [-0.25, -0.2) is 0 Å². The van der Waals surface area contributed by atoms with Crippen LogP contribution in [0.3, 0.4) is 0 Å². The van der Waals surface area contributed by atoms with Gasteiger partial charge in [0.15, 0.2) is 5.31 Å². The normalized spacial score (nSPS) is 11.9. The standard InChI is InChI=1S/C28H30O5P/c1-4-32-28(33-27(30)21-20-26(29)31-3)22(2)34(23-14-8-5-9-15-23,24-16-10-6-11-17-24)25-18-12-7-13-19-25/h5-19H,4,20-21H2,1-3H3/q+1/b28-22+. The summed E-state index contributed by atoms with van der Waals surface area (Å²) in [5.74, 6) is -0.821. The van der Waals surface area contributed by atoms with Crippen LogP contribution < -0.4 is 15.9 Å². The third kappa shape index (κ3) is 5.55. The van der Waals surface area contributed by atoms with Gasteiger partial charge in [0.2, 0.25) is 0 Å². The number of ether oxygens (including phenoxy) is 3. The molecule has 0 bridgehead atoms. The maximum absolute atomic E-state index is 12.7. The molecule has 0 aromatic heterocycles. The highest BCUT2D eigenvalue weighted by atomic mass is 31.2. The van der Waals surface area contributed by atoms with Crippen LogP contribution in [0, 0.1) is 0 Å². The minimum Gasteiger partial charge on any atom is -0.469 e. The van der Waals surface area contributed by atoms with Crippen molar-refractivity contribution in [3.8, 4) is 0 Å². The van der Waals surface area contributed by atoms with E-state index in [1.165, 1.54) is 7.11 Å². The first-order chi connectivity index (χ1) is 16.5. The van der Waals surface area contributed by atoms with Gasteiger partial charge in [0.05, 0.1) is 26.6 Å². The predicted molar refractivity (Wildman–Crippen MR) is 137 cm³/mol. The second-order valence-corrected chi connectivity index (χ2v) is 11.1. The molecule has 0 aliphatic carbocycles. The van der Waals surface area contributed by atoms with Crippen molar-refractivity contribution in [3.63, 3.8) is 0 Å². The molecule has 5 nitrogen and oxygen atoms in total. The van der Waals surface area contributed by atoms with Crippen molar-refractivity contribution in [3.05, 3.63) is 102 Å². The van der Waals surface area contributed by atoms with E-state index in [9.17, 15) is 9.59 Å². The van der Waals surface area contributed by atoms with E-state index in [-0.39, 0.29) is 18.8 Å². The van der Waals surface area contributed by atoms with E-state index in [1.54, 1.807) is 0 Å². The summed E-state index contributed by atoms with van der Waals surface area (Å²) in [6.07, 6.45) is -0.145. The summed E-state index contributed by atoms with van der Waals surface area (Å²) in [4.78, 5) is 24.2. The number of benzene rings is 3. The van der Waals surface area contributed by atoms with Crippen LogP contribution >= 0.6 is 7.26 Å². The van der Waals surface area contributed by atoms with Crippen molar-refractivity contribution < 1.29 is 23.8 Å². The van der Waals surface area contributed by atoms with E-state index < -0.39 is 19.2 Å². The first-order valence-electron chi connectivity index (χ1n) is 11.2. The molecule has 0 aliphatic heterocycles. The molecule has 0 amide bonds. The Morgan fingerprint density at radius 3 is 1.50 bits per heavy atom. The van der Waals surface area contributed by atoms with Crippen LogP contribution in [0.5, 0.6) is 0 Å². The van der Waals surface area contributed by atoms with Crippen LogP contribution in [0.15, 0.2) is 102 Å². The van der Waals surface area contributed by atoms with Crippen molar-refractivity contribution >= 4 is 35.1 Å². The lowest BCUT2D eigenvalue weighted by Crippen LogP contribution is -2.32. The molecule has 3 aromatic carbocycles. The molecule has 0 heterocycles. The molecule has 0 unspecified atom stereocenters. The fourth-order valence-electron chi connectivity index (χ4n) is 3.92. The summed E-state index contributed by atoms with van der Waals surface area (Å²) in [5, 5.41) is 4.19. The molecule has 0 saturated heterocycles. The Labute approximate surface area is 201 Å². The maximum Gasteiger partial charge on any atom is 0.328 e. The lowest BCUT2D eigenvalue weighted by Gasteiger charge is -2.28. The zero-order valence-electron chi connectivity index (χ0n) is 19.8. The van der Waals surface area contributed by atoms with Crippen LogP contribution in [-0.4, -0.2) is 25.7 Å². The molecule has 0 saturated carbocycles. The maximum atomic E-state index is 12.7. The van der Waals surface area contributed by atoms with E-state index >= 15 is 0 Å². The van der Waals surface area contributed by atoms with Crippen molar-refractivity contribution in [1.29, 1.82) is 0 Å². The Hall–Kier alpha value is -3.43. The van der Waals surface area contributed by atoms with Crippen LogP contribution in [-0.2, 0) is 23.8 Å². The Morgan fingerprint density at radius 2 is 1.12 bits per heavy atom. The van der Waals surface area contributed by atoms with Crippen LogP contribution in [0.2, 0.25) is 0 Å². The zero-order chi connectivity index (χ0) is 24.4. The number of hydrogen-bond donors (Lipinski definition) is 0. The second-order valence-electron chi connectivity index (χ2n) is 7.53. The van der Waals surface area contributed by atoms with Crippen LogP contribution in [0.4, 0.5) is 0 Å². The molecule has 3 aromatic rings. The number of allylic oxidation sites excluding steroid dienone is 1. The van der Waals surface area contributed by atoms with Gasteiger partial charge in [-0.3, -0.25) is 9.59 Å². The lowest BCUT2D eigenvalue weighted by molar-refractivity contribution is -0.149. The first-order valence-corrected chi connectivity index (χ1v) is 13.0. The number of carbonyl (C=O) groups excluding carboxylic acids is 2. The molecular formula is C28H30O5P+. The van der Waals surface area contributed by atoms with Gasteiger partial charge in [0.25, 0.3) is 0 Å². The Morgan fingerprint density at radius 1 is 0.706 bits per heavy atom. The monoisotopic (exact) mass is 477 g/mol. The van der Waals surface area contributed by atoms with Crippen molar-refractivity contribution in [1.82, 2.24) is 0 Å². The Balaban J connectivity index is 2.24. The molecule has 0 fully saturated rings. The molecule has 176 valence electrons. The highest BCUT2D eigenvalue weighted by molar-refractivity contribution is 7.99. The van der Waals surface area contributed by atoms with E-state index in [2.05, 4.69) is 41.1 Å². The van der Waals surface area contributed by atoms with Crippen LogP contribution in [0.25, 0.3) is 0 Å². The van der Waals surface area contributed by atoms with Gasteiger partial charge in [-0.15, -0.1) is 0 Å². The van der Waals surface area contributed by atoms with Gasteiger partial charge >= 0.3 is 17.9 Å². The number of hydrogen-bond acceptors (Lipinski definition) is 5. The first kappa shape index (κ1) is 25.2. The molecule has 0 aliphatic rings. The smallest absolute Gasteiger partial charge is 0.328 e. The van der Waals surface area contributed by atoms with Gasteiger partial charge in [0.1, 0.15) is 23.2 Å². The van der Waals surface area contributed by atoms with Crippen molar-refractivity contribution in [2.45, 2.75) is 26.7 Å². The molecular weight excluding hydrogens is 447 g/mol. The summed E-state index contributed by atoms with van der Waals surface area (Å²) in [7, 11) is -1.15. The van der Waals surface area contributed by atoms with Gasteiger partial charge in [-0.1, -0.05) is 54.6 Å². The van der Waals surface area contributed by atoms with Gasteiger partial charge < -0.3 is 14.2 Å². The topological polar surface area (TPSA) is 61.8 Å². The SMILES string of the molecule is CCO/C(OC(=O)CCC(=O)OC)=C(/C)[P+](c1ccccc1)(c1ccccc1)c1ccccc1. The summed E-state index contributed by atoms with van der Waals surface area (Å²) in [6.45, 7) is 4.15. The predicted octanol–water partition coefficient (Wildman–Crippen LogP) is 4.70. The third-order valence-electron chi connectivity index (χ3n) is 5.47. The molecule has 3 rings (SSSR count). The molecule has 6 heteroatoms. The molecule has 0 atom stereocenters. The molecule has 0 N–H and O–H groups in total. The Kier molecular flexibility index (Phi) is 9.00. The second kappa shape index (κ2) is 12.2. The number of carbonyl (C=O) groups is 2. The summed E-state index contributed by atoms with van der Waals surface area (Å²) >= 11 is 0. The Bertz CT molecular complexity index is 1010. The van der Waals surface area contributed by atoms with Crippen LogP contribution in [0.1, 0.15) is 26.7 Å². The quantitative estimate of drug-likeness (QED) is 0.241. The van der Waals surface area contributed by atoms with Gasteiger partial charge in [-0.2, -0.15) is 0 Å². The van der Waals surface area contributed by atoms with E-state index in [0.29, 0.717) is 6.61 Å². The summed E-state index contributed by atoms with van der Waals surface area (Å²) < 4.78 is 16.3. The minimum atomic E-state index is -2.44. The number of rotatable bonds is 10. The highest BCUT2D eigenvalue weighted by Crippen LogP contribution is 2.63. The zero-order valence-corrected chi connectivity index (χ0v) is 20.7. The number of methoxy groups -OCH3 is 1. The van der Waals surface area contributed by atoms with E-state index in [1.807, 2.05) is 68.4 Å². The highest BCUT2D eigenvalue weighted by Gasteiger charge is 2.50. The molecule has 0 radical (unpaired) electrons. The molecule has 0 spiro atoms. The number of esters is 2. The fraction of sp³-hybridized carbons (Fsp3) is 0.214. The summed E-state index contributed by atoms with van der Waals surface area (Å²) in [6, 6.07) is 30.8. The average molecular weight is 478 g/mol. The minimum absolute atomic E-state index is 0.0515. The summed E-state index contributed by atoms with van der Waals surface area (Å²) in [5.41, 5.74) is 0. The fourth-order valence-corrected chi connectivity index (χ4v) is 8.22. The van der Waals surface area contributed by atoms with E-state index in [0.717, 1.165) is 21.2 Å². The van der Waals surface area contributed by atoms with Crippen molar-refractivity contribution in [2.75, 3.05) is 13.7 Å². The third-order valence-corrected chi connectivity index (χ3v) is 9.88. The van der Waals surface area contributed by atoms with Gasteiger partial charge in [0, 0.05) is 6.92 Å². The largest absolute Gasteiger partial charge is 0.469 e.